The molecule has 11 nitrogen and oxygen atoms in total. The molecule has 4 aliphatic rings. The minimum Gasteiger partial charge on any atom is -0.423 e. The van der Waals surface area contributed by atoms with Crippen LogP contribution in [0.4, 0.5) is 0 Å². The summed E-state index contributed by atoms with van der Waals surface area (Å²) in [6.07, 6.45) is -12.5. The Morgan fingerprint density at radius 1 is 0.526 bits per heavy atom. The van der Waals surface area contributed by atoms with Crippen LogP contribution >= 0.6 is 0 Å². The van der Waals surface area contributed by atoms with E-state index in [1.54, 1.807) is 38.4 Å². The third-order valence-corrected chi connectivity index (χ3v) is 26.6. The van der Waals surface area contributed by atoms with Crippen LogP contribution in [0.15, 0.2) is 24.3 Å². The Morgan fingerprint density at radius 3 is 1.32 bits per heavy atom. The molecule has 71 heteroatoms. The van der Waals surface area contributed by atoms with E-state index in [9.17, 15) is 34.6 Å². The van der Waals surface area contributed by atoms with E-state index in [2.05, 4.69) is 36.7 Å². The first-order valence-corrected chi connectivity index (χ1v) is 40.4. The van der Waals surface area contributed by atoms with Crippen LogP contribution in [0.2, 0.25) is 0 Å². The smallest absolute Gasteiger partial charge is 0.423 e. The number of nitrogens with one attached hydrogen (secondary N) is 3. The third kappa shape index (κ3) is 29.7. The van der Waals surface area contributed by atoms with Gasteiger partial charge < -0.3 is 41.1 Å². The molecular formula is C43H71B60N4O7. The van der Waals surface area contributed by atoms with Gasteiger partial charge in [0.05, 0.1) is 18.2 Å². The normalized spacial score (nSPS) is 20.4. The highest BCUT2D eigenvalue weighted by Gasteiger charge is 2.61. The van der Waals surface area contributed by atoms with Crippen LogP contribution < -0.4 is 21.4 Å². The molecule has 8 unspecified atom stereocenters. The molecule has 0 aliphatic heterocycles. The zero-order valence-corrected chi connectivity index (χ0v) is 68.5. The molecule has 4 saturated carbocycles. The van der Waals surface area contributed by atoms with Crippen LogP contribution in [-0.2, 0) is 20.9 Å². The fourth-order valence-corrected chi connectivity index (χ4v) is 21.1. The second-order valence-electron chi connectivity index (χ2n) is 34.3. The Kier molecular flexibility index (Phi) is 49.2. The number of likely N-dealkylation sites (N-methyl/N-ethyl adjacent to an activating group) is 2. The summed E-state index contributed by atoms with van der Waals surface area (Å²) >= 11 is 0. The molecule has 1 aromatic rings. The summed E-state index contributed by atoms with van der Waals surface area (Å²) < 4.78 is 0. The number of amides is 3. The van der Waals surface area contributed by atoms with Gasteiger partial charge in [0.15, 0.2) is 0 Å². The topological polar surface area (TPSA) is 171 Å². The van der Waals surface area contributed by atoms with Crippen molar-refractivity contribution in [3.8, 4) is 0 Å². The fourth-order valence-electron chi connectivity index (χ4n) is 21.1. The first-order valence-electron chi connectivity index (χ1n) is 40.4. The Bertz CT molecular complexity index is 2800. The molecule has 4 fully saturated rings. The lowest BCUT2D eigenvalue weighted by atomic mass is 8.31. The number of nitrogens with zero attached hydrogens (tertiary/aromatic N) is 1. The van der Waals surface area contributed by atoms with Gasteiger partial charge in [-0.25, -0.2) is 0 Å². The van der Waals surface area contributed by atoms with Crippen LogP contribution in [0.25, 0.3) is 0 Å². The maximum atomic E-state index is 13.3. The van der Waals surface area contributed by atoms with Crippen molar-refractivity contribution in [3.63, 3.8) is 0 Å². The minimum absolute atomic E-state index is 0.0699. The number of carbonyl (C=O) groups excluding carboxylic acids is 3. The van der Waals surface area contributed by atoms with Gasteiger partial charge in [-0.1, -0.05) is 45.0 Å². The first-order chi connectivity index (χ1) is 52.9. The van der Waals surface area contributed by atoms with E-state index in [0.717, 1.165) is 37.0 Å². The van der Waals surface area contributed by atoms with Gasteiger partial charge >= 0.3 is 7.12 Å². The zero-order valence-electron chi connectivity index (χ0n) is 68.5. The summed E-state index contributed by atoms with van der Waals surface area (Å²) in [6.45, 7) is 9.57. The number of unbranched alkanes of at least 4 members (excludes halogenated alkanes) is 1. The van der Waals surface area contributed by atoms with Gasteiger partial charge in [0.25, 0.3) is 0 Å². The van der Waals surface area contributed by atoms with Gasteiger partial charge in [-0.3, -0.25) is 14.4 Å². The van der Waals surface area contributed by atoms with Crippen molar-refractivity contribution >= 4 is 450 Å². The molecule has 3 amide bonds. The maximum Gasteiger partial charge on any atom is 0.488 e. The molecule has 0 heterocycles. The monoisotopic (exact) mass is 1420 g/mol. The molecule has 0 saturated heterocycles. The van der Waals surface area contributed by atoms with Crippen molar-refractivity contribution in [3.05, 3.63) is 29.8 Å². The number of rotatable bonds is 43. The molecule has 485 valence electrons. The maximum absolute atomic E-state index is 13.3. The van der Waals surface area contributed by atoms with E-state index in [-0.39, 0.29) is 24.0 Å². The lowest BCUT2D eigenvalue weighted by Crippen LogP contribution is -2.88. The van der Waals surface area contributed by atoms with Crippen molar-refractivity contribution < 1.29 is 34.6 Å². The highest BCUT2D eigenvalue weighted by atomic mass is 16.4. The Balaban J connectivity index is 0.000000486. The van der Waals surface area contributed by atoms with E-state index in [1.807, 2.05) is 0 Å². The lowest BCUT2D eigenvalue weighted by molar-refractivity contribution is -0.139. The summed E-state index contributed by atoms with van der Waals surface area (Å²) in [5.41, 5.74) is 1.59. The van der Waals surface area contributed by atoms with Gasteiger partial charge in [-0.05, 0) is 155 Å². The van der Waals surface area contributed by atoms with Crippen LogP contribution in [0.5, 0.6) is 0 Å². The molecule has 63 radical (unpaired) electrons. The lowest BCUT2D eigenvalue weighted by Gasteiger charge is -2.61. The summed E-state index contributed by atoms with van der Waals surface area (Å²) in [4.78, 5) is 40.8. The number of carbonyl (C=O) groups is 3. The van der Waals surface area contributed by atoms with Gasteiger partial charge in [0.2, 0.25) is 17.7 Å². The largest absolute Gasteiger partial charge is 0.488 e. The molecule has 0 aromatic heterocycles. The molecule has 4 aliphatic carbocycles. The Morgan fingerprint density at radius 2 is 0.930 bits per heavy atom. The SMILES string of the molecule is CNC(CCCCNC(=O)CCC(C)C1CCC2C3CC[C@H]4C[C@@H](O)CC[C@@]4(C)C3CC[C@@]12C)C(=O)NC(C(=O)N(C)Cc1ccccc1B(O)O)C(C)O.[B]B([B])B(B([B])[B])B(B(B([B])[B])B([B])[B])B(B(B([B])[B])B([B])[B])B(B([B])[B])B([B])[B].[B][B]B(B([B])[B])B(B(B([B])[B])B([B])[B])B(B(B([B])[B])B([B])[B])B(B([B])[B])B([B])[B]. The minimum atomic E-state index is -1.69. The van der Waals surface area contributed by atoms with Crippen LogP contribution in [0.3, 0.4) is 0 Å². The number of hydrogen-bond acceptors (Lipinski definition) is 8. The zero-order chi connectivity index (χ0) is 87.4. The predicted octanol–water partition coefficient (Wildman–Crippen LogP) is -19.0. The Hall–Kier alpha value is 1.33. The van der Waals surface area contributed by atoms with Gasteiger partial charge in [-0.2, -0.15) is 0 Å². The number of benzene rings is 1. The molecule has 114 heavy (non-hydrogen) atoms. The summed E-state index contributed by atoms with van der Waals surface area (Å²) in [5, 5.41) is 49.0. The number of aliphatic hydroxyl groups is 2. The van der Waals surface area contributed by atoms with Crippen molar-refractivity contribution in [1.82, 2.24) is 20.9 Å². The van der Waals surface area contributed by atoms with Gasteiger partial charge in [-0.15, -0.1) is 0 Å². The Labute approximate surface area is 744 Å². The fraction of sp³-hybridized carbons (Fsp3) is 0.791. The molecule has 0 spiro atoms. The molecule has 5 rings (SSSR count). The summed E-state index contributed by atoms with van der Waals surface area (Å²) in [5.74, 6) is 3.45. The van der Waals surface area contributed by atoms with E-state index in [4.69, 9.17) is 240 Å². The number of hydrogen-bond donors (Lipinski definition) is 7. The third-order valence-electron chi connectivity index (χ3n) is 26.6. The summed E-state index contributed by atoms with van der Waals surface area (Å²) in [6, 6.07) is 4.92. The van der Waals surface area contributed by atoms with Gasteiger partial charge in [0, 0.05) is 446 Å². The average molecular weight is 1400 g/mol. The number of aliphatic hydroxyl groups excluding tert-OH is 2. The first kappa shape index (κ1) is 110. The van der Waals surface area contributed by atoms with Crippen LogP contribution in [0.1, 0.15) is 123 Å². The highest BCUT2D eigenvalue weighted by molar-refractivity contribution is 8.29. The van der Waals surface area contributed by atoms with E-state index >= 15 is 0 Å². The quantitative estimate of drug-likeness (QED) is 0.0250. The van der Waals surface area contributed by atoms with Crippen LogP contribution in [-0.4, -0.2) is 514 Å². The van der Waals surface area contributed by atoms with Crippen molar-refractivity contribution in [2.75, 3.05) is 20.6 Å². The molecule has 12 atom stereocenters. The number of fused-ring (bicyclic) bond motifs is 5. The standard InChI is InChI=1S/C43H71BN4O7.B30.B29/c1-27(33-17-18-34-32-16-15-30-25-31(50)20-22-42(30,3)35(32)21-23-43(33,34)4)14-19-38(51)46-24-10-9-13-37(45-5)40(52)47-39(28(2)49)41(53)48(6)26-29-11-7-8-12-36(29)44(54)55;1-17(2)25(18(3)4)29(26(19(5)6)20(7)8)30(27(21(9)10)22(11)12)28(23(13)14)24(15)16;1-16-24(17(2)3)28(25(18(4)5)19(6)7)29(26(20(8)9)21(10)11)27(22(12)13)23(14)15/h7-8,11-12,27-28,30-35,37,39,45,49-50,54-55H,9-10,13-26H2,1-6H3,(H,46,51)(H,47,52);;/t27?,28?,30-,31-,32?,33?,34?,35?,37?,39?,42+,43-;;/m0../s1. The second-order valence-corrected chi connectivity index (χ2v) is 34.3. The molecule has 0 bridgehead atoms. The van der Waals surface area contributed by atoms with Gasteiger partial charge in [0.1, 0.15) is 6.04 Å². The van der Waals surface area contributed by atoms with E-state index in [0.29, 0.717) is 66.4 Å². The molecule has 7 N–H and O–H groups in total. The van der Waals surface area contributed by atoms with Crippen molar-refractivity contribution in [2.45, 2.75) is 148 Å². The van der Waals surface area contributed by atoms with E-state index < -0.39 is 210 Å². The average Bonchev–Trinajstić information content (AvgIpc) is 1.31. The molecule has 1 aromatic carbocycles. The second kappa shape index (κ2) is 51.2. The van der Waals surface area contributed by atoms with Crippen molar-refractivity contribution in [1.29, 1.82) is 0 Å². The predicted molar refractivity (Wildman–Crippen MR) is 555 cm³/mol. The highest BCUT2D eigenvalue weighted by Crippen LogP contribution is 2.68. The van der Waals surface area contributed by atoms with E-state index in [1.165, 1.54) is 63.8 Å². The summed E-state index contributed by atoms with van der Waals surface area (Å²) in [7, 11) is 189. The van der Waals surface area contributed by atoms with Crippen molar-refractivity contribution in [2.24, 2.45) is 46.3 Å². The van der Waals surface area contributed by atoms with Crippen LogP contribution in [0, 0.1) is 46.3 Å². The molecular weight excluding hydrogens is 1330 g/mol.